The fraction of sp³-hybridized carbons (Fsp3) is 0.375. The first-order valence-corrected chi connectivity index (χ1v) is 7.54. The molecule has 0 aliphatic carbocycles. The van der Waals surface area contributed by atoms with Crippen molar-refractivity contribution in [2.24, 2.45) is 0 Å². The number of carbonyl (C=O) groups excluding carboxylic acids is 1. The number of fused-ring (bicyclic) bond motifs is 1. The van der Waals surface area contributed by atoms with Crippen LogP contribution in [0.3, 0.4) is 0 Å². The number of aryl methyl sites for hydroxylation is 1. The van der Waals surface area contributed by atoms with Gasteiger partial charge in [-0.1, -0.05) is 6.07 Å². The number of anilines is 1. The van der Waals surface area contributed by atoms with E-state index in [0.717, 1.165) is 36.6 Å². The first kappa shape index (κ1) is 13.2. The molecule has 2 aromatic heterocycles. The van der Waals surface area contributed by atoms with Gasteiger partial charge >= 0.3 is 0 Å². The van der Waals surface area contributed by atoms with Crippen LogP contribution in [0.2, 0.25) is 0 Å². The van der Waals surface area contributed by atoms with Gasteiger partial charge in [-0.25, -0.2) is 9.97 Å². The molecule has 6 nitrogen and oxygen atoms in total. The summed E-state index contributed by atoms with van der Waals surface area (Å²) in [5, 5.41) is 2.84. The van der Waals surface area contributed by atoms with Crippen LogP contribution in [0.5, 0.6) is 0 Å². The Morgan fingerprint density at radius 2 is 2.14 bits per heavy atom. The van der Waals surface area contributed by atoms with E-state index in [1.54, 1.807) is 0 Å². The molecular weight excluding hydrogens is 278 g/mol. The van der Waals surface area contributed by atoms with Crippen LogP contribution in [-0.2, 0) is 6.42 Å². The van der Waals surface area contributed by atoms with Gasteiger partial charge < -0.3 is 10.2 Å². The van der Waals surface area contributed by atoms with Crippen LogP contribution < -0.4 is 10.2 Å². The van der Waals surface area contributed by atoms with E-state index < -0.39 is 0 Å². The maximum Gasteiger partial charge on any atom is 0.270 e. The average Bonchev–Trinajstić information content (AvgIpc) is 2.48. The quantitative estimate of drug-likeness (QED) is 0.897. The molecule has 22 heavy (non-hydrogen) atoms. The second-order valence-electron chi connectivity index (χ2n) is 5.78. The molecule has 1 amide bonds. The Morgan fingerprint density at radius 1 is 1.27 bits per heavy atom. The molecular formula is C16H17N5O. The van der Waals surface area contributed by atoms with Crippen LogP contribution in [0.1, 0.15) is 33.5 Å². The highest BCUT2D eigenvalue weighted by atomic mass is 16.1. The third kappa shape index (κ3) is 2.11. The Kier molecular flexibility index (Phi) is 3.03. The highest BCUT2D eigenvalue weighted by Crippen LogP contribution is 2.33. The summed E-state index contributed by atoms with van der Waals surface area (Å²) in [6, 6.07) is 6.02. The molecule has 0 aromatic carbocycles. The lowest BCUT2D eigenvalue weighted by Crippen LogP contribution is -2.47. The number of nitrogens with one attached hydrogen (secondary N) is 1. The number of pyridine rings is 1. The summed E-state index contributed by atoms with van der Waals surface area (Å²) in [7, 11) is 0. The van der Waals surface area contributed by atoms with Crippen molar-refractivity contribution in [3.05, 3.63) is 47.2 Å². The molecule has 0 atom stereocenters. The van der Waals surface area contributed by atoms with Gasteiger partial charge in [0.1, 0.15) is 17.3 Å². The van der Waals surface area contributed by atoms with Gasteiger partial charge in [-0.2, -0.15) is 0 Å². The maximum atomic E-state index is 12.0. The zero-order valence-electron chi connectivity index (χ0n) is 12.4. The predicted octanol–water partition coefficient (Wildman–Crippen LogP) is 1.07. The second-order valence-corrected chi connectivity index (χ2v) is 5.78. The number of hydrogen-bond donors (Lipinski definition) is 1. The molecule has 0 saturated carbocycles. The molecule has 0 radical (unpaired) electrons. The highest BCUT2D eigenvalue weighted by Gasteiger charge is 2.34. The van der Waals surface area contributed by atoms with Crippen LogP contribution >= 0.6 is 0 Å². The van der Waals surface area contributed by atoms with E-state index in [-0.39, 0.29) is 5.91 Å². The number of nitrogens with zero attached hydrogens (tertiary/aromatic N) is 4. The first-order chi connectivity index (χ1) is 10.7. The van der Waals surface area contributed by atoms with Gasteiger partial charge in [0.15, 0.2) is 0 Å². The van der Waals surface area contributed by atoms with E-state index in [4.69, 9.17) is 0 Å². The maximum absolute atomic E-state index is 12.0. The lowest BCUT2D eigenvalue weighted by atomic mass is 9.94. The van der Waals surface area contributed by atoms with Crippen LogP contribution in [0, 0.1) is 6.92 Å². The van der Waals surface area contributed by atoms with E-state index in [1.807, 2.05) is 25.3 Å². The van der Waals surface area contributed by atoms with Gasteiger partial charge in [-0.05, 0) is 25.5 Å². The van der Waals surface area contributed by atoms with Crippen LogP contribution in [0.25, 0.3) is 0 Å². The molecule has 1 saturated heterocycles. The Hall–Kier alpha value is -2.50. The van der Waals surface area contributed by atoms with E-state index in [1.165, 1.54) is 0 Å². The lowest BCUT2D eigenvalue weighted by Gasteiger charge is -2.41. The number of aromatic nitrogens is 3. The van der Waals surface area contributed by atoms with E-state index in [2.05, 4.69) is 31.2 Å². The summed E-state index contributed by atoms with van der Waals surface area (Å²) in [6.07, 6.45) is 2.63. The molecule has 0 unspecified atom stereocenters. The molecule has 2 aliphatic heterocycles. The van der Waals surface area contributed by atoms with Gasteiger partial charge in [-0.3, -0.25) is 9.78 Å². The fourth-order valence-corrected chi connectivity index (χ4v) is 3.10. The minimum absolute atomic E-state index is 0.0881. The van der Waals surface area contributed by atoms with E-state index in [0.29, 0.717) is 24.0 Å². The second kappa shape index (κ2) is 5.05. The topological polar surface area (TPSA) is 71.0 Å². The van der Waals surface area contributed by atoms with Gasteiger partial charge in [0.2, 0.25) is 0 Å². The number of rotatable bonds is 2. The van der Waals surface area contributed by atoms with Crippen molar-refractivity contribution in [3.8, 4) is 0 Å². The monoisotopic (exact) mass is 295 g/mol. The zero-order valence-corrected chi connectivity index (χ0v) is 12.4. The van der Waals surface area contributed by atoms with Crippen LogP contribution in [0.15, 0.2) is 24.4 Å². The Labute approximate surface area is 128 Å². The molecule has 6 heteroatoms. The Bertz CT molecular complexity index is 725. The van der Waals surface area contributed by atoms with Gasteiger partial charge in [0, 0.05) is 43.0 Å². The van der Waals surface area contributed by atoms with Gasteiger partial charge in [0.25, 0.3) is 5.91 Å². The molecule has 1 N–H and O–H groups in total. The number of amides is 1. The summed E-state index contributed by atoms with van der Waals surface area (Å²) in [5.74, 6) is 1.91. The predicted molar refractivity (Wildman–Crippen MR) is 82.0 cm³/mol. The summed E-state index contributed by atoms with van der Waals surface area (Å²) in [5.41, 5.74) is 2.64. The van der Waals surface area contributed by atoms with Crippen molar-refractivity contribution in [2.75, 3.05) is 24.5 Å². The molecule has 0 spiro atoms. The van der Waals surface area contributed by atoms with E-state index in [9.17, 15) is 4.79 Å². The summed E-state index contributed by atoms with van der Waals surface area (Å²) in [6.45, 7) is 4.27. The zero-order chi connectivity index (χ0) is 15.1. The SMILES string of the molecule is Cc1nc2c(c(N3CC(c4ccccn4)C3)n1)CCNC2=O. The van der Waals surface area contributed by atoms with Crippen molar-refractivity contribution in [1.29, 1.82) is 0 Å². The highest BCUT2D eigenvalue weighted by molar-refractivity contribution is 5.96. The Balaban J connectivity index is 1.61. The molecule has 2 aliphatic rings. The molecule has 0 bridgehead atoms. The molecule has 4 heterocycles. The van der Waals surface area contributed by atoms with Crippen molar-refractivity contribution in [2.45, 2.75) is 19.3 Å². The normalized spacial score (nSPS) is 17.7. The lowest BCUT2D eigenvalue weighted by molar-refractivity contribution is 0.0940. The van der Waals surface area contributed by atoms with Crippen LogP contribution in [0.4, 0.5) is 5.82 Å². The largest absolute Gasteiger partial charge is 0.355 e. The standard InChI is InChI=1S/C16H17N5O/c1-10-19-14-12(5-7-18-16(14)22)15(20-10)21-8-11(9-21)13-4-2-3-6-17-13/h2-4,6,11H,5,7-9H2,1H3,(H,18,22). The molecule has 1 fully saturated rings. The molecule has 2 aromatic rings. The van der Waals surface area contributed by atoms with Crippen molar-refractivity contribution in [3.63, 3.8) is 0 Å². The fourth-order valence-electron chi connectivity index (χ4n) is 3.10. The number of carbonyl (C=O) groups is 1. The third-order valence-corrected chi connectivity index (χ3v) is 4.26. The minimum atomic E-state index is -0.0881. The Morgan fingerprint density at radius 3 is 2.91 bits per heavy atom. The van der Waals surface area contributed by atoms with Crippen LogP contribution in [-0.4, -0.2) is 40.5 Å². The van der Waals surface area contributed by atoms with Crippen molar-refractivity contribution in [1.82, 2.24) is 20.3 Å². The smallest absolute Gasteiger partial charge is 0.270 e. The third-order valence-electron chi connectivity index (χ3n) is 4.26. The first-order valence-electron chi connectivity index (χ1n) is 7.54. The average molecular weight is 295 g/mol. The van der Waals surface area contributed by atoms with Crippen molar-refractivity contribution >= 4 is 11.7 Å². The van der Waals surface area contributed by atoms with Gasteiger partial charge in [-0.15, -0.1) is 0 Å². The van der Waals surface area contributed by atoms with Crippen molar-refractivity contribution < 1.29 is 4.79 Å². The van der Waals surface area contributed by atoms with Gasteiger partial charge in [0.05, 0.1) is 0 Å². The molecule has 112 valence electrons. The minimum Gasteiger partial charge on any atom is -0.355 e. The van der Waals surface area contributed by atoms with E-state index >= 15 is 0 Å². The summed E-state index contributed by atoms with van der Waals surface area (Å²) in [4.78, 5) is 27.5. The molecule has 4 rings (SSSR count). The number of hydrogen-bond acceptors (Lipinski definition) is 5. The summed E-state index contributed by atoms with van der Waals surface area (Å²) >= 11 is 0. The summed E-state index contributed by atoms with van der Waals surface area (Å²) < 4.78 is 0.